The van der Waals surface area contributed by atoms with Crippen molar-refractivity contribution in [1.82, 2.24) is 0 Å². The minimum Gasteiger partial charge on any atom is -0.507 e. The number of benzene rings is 5. The summed E-state index contributed by atoms with van der Waals surface area (Å²) in [7, 11) is 0. The van der Waals surface area contributed by atoms with E-state index in [1.54, 1.807) is 48.5 Å². The maximum absolute atomic E-state index is 10.7. The third kappa shape index (κ3) is 4.94. The van der Waals surface area contributed by atoms with Crippen molar-refractivity contribution in [3.8, 4) is 45.3 Å². The van der Waals surface area contributed by atoms with Gasteiger partial charge in [-0.25, -0.2) is 0 Å². The van der Waals surface area contributed by atoms with Crippen LogP contribution in [0.1, 0.15) is 41.5 Å². The third-order valence-electron chi connectivity index (χ3n) is 6.95. The Balaban J connectivity index is 1.70. The summed E-state index contributed by atoms with van der Waals surface area (Å²) in [4.78, 5) is 0. The van der Waals surface area contributed by atoms with Crippen molar-refractivity contribution in [2.45, 2.75) is 25.7 Å². The lowest BCUT2D eigenvalue weighted by molar-refractivity contribution is 0.468. The van der Waals surface area contributed by atoms with Crippen molar-refractivity contribution < 1.29 is 20.4 Å². The Morgan fingerprint density at radius 2 is 0.895 bits per heavy atom. The molecule has 0 bridgehead atoms. The maximum Gasteiger partial charge on any atom is 0.123 e. The third-order valence-corrected chi connectivity index (χ3v) is 6.95. The van der Waals surface area contributed by atoms with E-state index < -0.39 is 0 Å². The van der Waals surface area contributed by atoms with E-state index in [-0.39, 0.29) is 28.9 Å². The van der Waals surface area contributed by atoms with Gasteiger partial charge in [0.2, 0.25) is 0 Å². The zero-order chi connectivity index (χ0) is 26.6. The van der Waals surface area contributed by atoms with E-state index in [0.29, 0.717) is 22.3 Å². The minimum atomic E-state index is -0.235. The van der Waals surface area contributed by atoms with Crippen LogP contribution in [0.25, 0.3) is 22.3 Å². The molecule has 0 saturated heterocycles. The topological polar surface area (TPSA) is 80.9 Å². The molecule has 0 saturated carbocycles. The highest BCUT2D eigenvalue weighted by atomic mass is 16.3. The van der Waals surface area contributed by atoms with E-state index in [0.717, 1.165) is 29.5 Å². The molecule has 0 aliphatic rings. The quantitative estimate of drug-likeness (QED) is 0.170. The van der Waals surface area contributed by atoms with Crippen LogP contribution in [0.4, 0.5) is 0 Å². The zero-order valence-corrected chi connectivity index (χ0v) is 21.2. The summed E-state index contributed by atoms with van der Waals surface area (Å²) in [6.45, 7) is 2.16. The van der Waals surface area contributed by atoms with E-state index >= 15 is 0 Å². The normalized spacial score (nSPS) is 11.1. The first kappa shape index (κ1) is 25.0. The van der Waals surface area contributed by atoms with Crippen LogP contribution in [0, 0.1) is 0 Å². The number of aromatic hydroxyl groups is 4. The Morgan fingerprint density at radius 1 is 0.474 bits per heavy atom. The van der Waals surface area contributed by atoms with Crippen LogP contribution >= 0.6 is 0 Å². The van der Waals surface area contributed by atoms with Gasteiger partial charge in [-0.05, 0) is 65.1 Å². The predicted molar refractivity (Wildman–Crippen MR) is 152 cm³/mol. The molecule has 0 unspecified atom stereocenters. The monoisotopic (exact) mass is 502 g/mol. The summed E-state index contributed by atoms with van der Waals surface area (Å²) < 4.78 is 0. The molecule has 190 valence electrons. The first-order valence-corrected chi connectivity index (χ1v) is 12.8. The fourth-order valence-corrected chi connectivity index (χ4v) is 5.04. The largest absolute Gasteiger partial charge is 0.507 e. The Labute approximate surface area is 222 Å². The highest BCUT2D eigenvalue weighted by Gasteiger charge is 2.21. The molecule has 4 heteroatoms. The molecule has 38 heavy (non-hydrogen) atoms. The van der Waals surface area contributed by atoms with Crippen LogP contribution in [0.2, 0.25) is 0 Å². The van der Waals surface area contributed by atoms with Gasteiger partial charge >= 0.3 is 0 Å². The SMILES string of the molecule is CCCc1ccc(C(c2ccc(O)c(-c3ccccc3O)c2)c2ccc(O)c(-c3ccccc3O)c2)cc1. The molecule has 0 spiro atoms. The van der Waals surface area contributed by atoms with Gasteiger partial charge in [0.1, 0.15) is 23.0 Å². The Bertz CT molecular complexity index is 1480. The van der Waals surface area contributed by atoms with Gasteiger partial charge in [-0.3, -0.25) is 0 Å². The summed E-state index contributed by atoms with van der Waals surface area (Å²) in [6.07, 6.45) is 2.06. The van der Waals surface area contributed by atoms with E-state index in [9.17, 15) is 20.4 Å². The number of hydrogen-bond acceptors (Lipinski definition) is 4. The lowest BCUT2D eigenvalue weighted by Gasteiger charge is -2.22. The van der Waals surface area contributed by atoms with Crippen molar-refractivity contribution in [3.63, 3.8) is 0 Å². The van der Waals surface area contributed by atoms with Gasteiger partial charge in [-0.15, -0.1) is 0 Å². The van der Waals surface area contributed by atoms with Gasteiger partial charge in [0.25, 0.3) is 0 Å². The van der Waals surface area contributed by atoms with Crippen LogP contribution < -0.4 is 0 Å². The standard InChI is InChI=1S/C34H30O4/c1-2-7-22-12-14-23(15-13-22)34(24-16-18-32(37)28(20-24)26-8-3-5-10-30(26)35)25-17-19-33(38)29(21-25)27-9-4-6-11-31(27)36/h3-6,8-21,34-38H,2,7H2,1H3. The molecule has 0 atom stereocenters. The van der Waals surface area contributed by atoms with Crippen LogP contribution in [-0.4, -0.2) is 20.4 Å². The Hall–Kier alpha value is -4.70. The molecule has 0 aliphatic heterocycles. The number of phenolic OH excluding ortho intramolecular Hbond substituents is 4. The van der Waals surface area contributed by atoms with Gasteiger partial charge < -0.3 is 20.4 Å². The fourth-order valence-electron chi connectivity index (χ4n) is 5.04. The minimum absolute atomic E-state index is 0.0768. The molecule has 4 nitrogen and oxygen atoms in total. The lowest BCUT2D eigenvalue weighted by atomic mass is 9.82. The Morgan fingerprint density at radius 3 is 1.34 bits per heavy atom. The molecule has 0 aromatic heterocycles. The average Bonchev–Trinajstić information content (AvgIpc) is 2.93. The summed E-state index contributed by atoms with van der Waals surface area (Å²) in [5, 5.41) is 42.4. The van der Waals surface area contributed by atoms with E-state index in [1.165, 1.54) is 5.56 Å². The highest BCUT2D eigenvalue weighted by molar-refractivity contribution is 5.78. The van der Waals surface area contributed by atoms with Crippen molar-refractivity contribution in [2.24, 2.45) is 0 Å². The van der Waals surface area contributed by atoms with Gasteiger partial charge in [0.05, 0.1) is 0 Å². The molecule has 0 heterocycles. The second kappa shape index (κ2) is 10.7. The summed E-state index contributed by atoms with van der Waals surface area (Å²) >= 11 is 0. The molecular formula is C34H30O4. The lowest BCUT2D eigenvalue weighted by Crippen LogP contribution is -2.05. The van der Waals surface area contributed by atoms with Gasteiger partial charge in [0.15, 0.2) is 0 Å². The number of para-hydroxylation sites is 2. The second-order valence-corrected chi connectivity index (χ2v) is 9.51. The predicted octanol–water partition coefficient (Wildman–Crippen LogP) is 7.98. The van der Waals surface area contributed by atoms with Crippen LogP contribution in [0.15, 0.2) is 109 Å². The van der Waals surface area contributed by atoms with Crippen LogP contribution in [0.5, 0.6) is 23.0 Å². The number of rotatable bonds is 7. The summed E-state index contributed by atoms with van der Waals surface area (Å²) in [5.41, 5.74) is 6.30. The van der Waals surface area contributed by atoms with Crippen molar-refractivity contribution >= 4 is 0 Å². The zero-order valence-electron chi connectivity index (χ0n) is 21.2. The van der Waals surface area contributed by atoms with E-state index in [4.69, 9.17) is 0 Å². The van der Waals surface area contributed by atoms with Crippen LogP contribution in [-0.2, 0) is 6.42 Å². The molecule has 0 amide bonds. The molecule has 5 aromatic carbocycles. The van der Waals surface area contributed by atoms with Crippen molar-refractivity contribution in [3.05, 3.63) is 131 Å². The molecule has 0 radical (unpaired) electrons. The van der Waals surface area contributed by atoms with Gasteiger partial charge in [0, 0.05) is 28.2 Å². The first-order chi connectivity index (χ1) is 18.5. The molecule has 5 aromatic rings. The van der Waals surface area contributed by atoms with Gasteiger partial charge in [-0.2, -0.15) is 0 Å². The number of aryl methyl sites for hydroxylation is 1. The maximum atomic E-state index is 10.7. The average molecular weight is 503 g/mol. The fraction of sp³-hybridized carbons (Fsp3) is 0.118. The number of hydrogen-bond donors (Lipinski definition) is 4. The highest BCUT2D eigenvalue weighted by Crippen LogP contribution is 2.43. The van der Waals surface area contributed by atoms with Gasteiger partial charge in [-0.1, -0.05) is 86.1 Å². The van der Waals surface area contributed by atoms with Crippen molar-refractivity contribution in [2.75, 3.05) is 0 Å². The van der Waals surface area contributed by atoms with Crippen molar-refractivity contribution in [1.29, 1.82) is 0 Å². The molecule has 5 rings (SSSR count). The molecular weight excluding hydrogens is 472 g/mol. The van der Waals surface area contributed by atoms with E-state index in [1.807, 2.05) is 36.4 Å². The molecule has 4 N–H and O–H groups in total. The van der Waals surface area contributed by atoms with E-state index in [2.05, 4.69) is 31.2 Å². The summed E-state index contributed by atoms with van der Waals surface area (Å²) in [5.74, 6) is 0.0978. The smallest absolute Gasteiger partial charge is 0.123 e. The van der Waals surface area contributed by atoms with Crippen LogP contribution in [0.3, 0.4) is 0 Å². The second-order valence-electron chi connectivity index (χ2n) is 9.51. The Kier molecular flexibility index (Phi) is 7.05. The first-order valence-electron chi connectivity index (χ1n) is 12.8. The molecule has 0 fully saturated rings. The summed E-state index contributed by atoms with van der Waals surface area (Å²) in [6, 6.07) is 33.3. The molecule has 0 aliphatic carbocycles. The number of phenols is 4.